The number of carbonyl (C=O) groups is 2. The Kier molecular flexibility index (Phi) is 4.04. The highest BCUT2D eigenvalue weighted by Crippen LogP contribution is 2.61. The molecule has 3 aliphatic heterocycles. The summed E-state index contributed by atoms with van der Waals surface area (Å²) < 4.78 is 16.5. The molecule has 2 fully saturated rings. The van der Waals surface area contributed by atoms with Crippen LogP contribution >= 0.6 is 0 Å². The summed E-state index contributed by atoms with van der Waals surface area (Å²) in [5.74, 6) is -3.19. The number of hydrogen-bond acceptors (Lipinski definition) is 10. The fourth-order valence-electron chi connectivity index (χ4n) is 5.22. The molecule has 0 aromatic rings. The molecule has 6 atom stereocenters. The Balaban J connectivity index is 1.91. The lowest BCUT2D eigenvalue weighted by Crippen LogP contribution is -2.56. The average Bonchev–Trinajstić information content (AvgIpc) is 3.03. The summed E-state index contributed by atoms with van der Waals surface area (Å²) in [6.07, 6.45) is -0.976. The molecule has 11 heteroatoms. The van der Waals surface area contributed by atoms with E-state index in [1.165, 1.54) is 14.0 Å². The van der Waals surface area contributed by atoms with Crippen molar-refractivity contribution in [2.24, 2.45) is 23.1 Å². The molecule has 4 rings (SSSR count). The molecule has 0 aromatic carbocycles. The van der Waals surface area contributed by atoms with Crippen LogP contribution < -0.4 is 17.2 Å². The Bertz CT molecular complexity index is 827. The van der Waals surface area contributed by atoms with Crippen LogP contribution in [0.4, 0.5) is 4.79 Å². The number of carbonyl (C=O) groups excluding carboxylic acids is 2. The first-order valence-electron chi connectivity index (χ1n) is 8.96. The number of ether oxygens (including phenoxy) is 3. The average molecular weight is 395 g/mol. The van der Waals surface area contributed by atoms with Crippen molar-refractivity contribution in [1.29, 1.82) is 0 Å². The van der Waals surface area contributed by atoms with Gasteiger partial charge in [0.15, 0.2) is 5.72 Å². The number of methoxy groups -OCH3 is 1. The maximum absolute atomic E-state index is 13.2. The van der Waals surface area contributed by atoms with Crippen molar-refractivity contribution in [3.8, 4) is 0 Å². The van der Waals surface area contributed by atoms with Gasteiger partial charge < -0.3 is 41.4 Å². The third-order valence-corrected chi connectivity index (χ3v) is 6.53. The molecule has 1 aliphatic carbocycles. The van der Waals surface area contributed by atoms with Crippen LogP contribution in [0.1, 0.15) is 6.92 Å². The number of allylic oxidation sites excluding steroid dienone is 1. The SMILES string of the molecule is COC12C(COC(N)=O)C3=C(C(=O)C(C)=C(N)C3(O)OCN)N1CC1C2N1C. The number of nitrogens with two attached hydrogens (primary N) is 3. The molecular weight excluding hydrogens is 370 g/mol. The minimum Gasteiger partial charge on any atom is -0.449 e. The predicted molar refractivity (Wildman–Crippen MR) is 94.8 cm³/mol. The Morgan fingerprint density at radius 2 is 2.11 bits per heavy atom. The maximum Gasteiger partial charge on any atom is 0.404 e. The second-order valence-electron chi connectivity index (χ2n) is 7.51. The fraction of sp³-hybridized carbons (Fsp3) is 0.647. The standard InChI is InChI=1S/C17H25N5O6/c1-7-12(23)11-10(17(25,13(7)19)28-6-18)8(5-27-15(20)24)16(26-3)14-9(21(14)2)4-22(11)16/h8-9,14,25H,4-6,18-19H2,1-3H3,(H2,20,24). The first-order chi connectivity index (χ1) is 13.2. The van der Waals surface area contributed by atoms with Crippen molar-refractivity contribution in [1.82, 2.24) is 9.80 Å². The van der Waals surface area contributed by atoms with E-state index in [4.69, 9.17) is 31.4 Å². The maximum atomic E-state index is 13.2. The minimum absolute atomic E-state index is 0.0685. The van der Waals surface area contributed by atoms with Gasteiger partial charge in [-0.15, -0.1) is 0 Å². The van der Waals surface area contributed by atoms with Crippen molar-refractivity contribution < 1.29 is 28.9 Å². The summed E-state index contributed by atoms with van der Waals surface area (Å²) in [5, 5.41) is 11.4. The van der Waals surface area contributed by atoms with Gasteiger partial charge in [-0.3, -0.25) is 9.69 Å². The van der Waals surface area contributed by atoms with Gasteiger partial charge in [0.25, 0.3) is 0 Å². The fourth-order valence-corrected chi connectivity index (χ4v) is 5.22. The van der Waals surface area contributed by atoms with E-state index < -0.39 is 23.5 Å². The second kappa shape index (κ2) is 5.91. The third-order valence-electron chi connectivity index (χ3n) is 6.53. The number of fused-ring (bicyclic) bond motifs is 4. The molecule has 7 N–H and O–H groups in total. The van der Waals surface area contributed by atoms with Gasteiger partial charge in [-0.05, 0) is 14.0 Å². The lowest BCUT2D eigenvalue weighted by Gasteiger charge is -2.41. The molecule has 0 bridgehead atoms. The number of Topliss-reactive ketones (excluding diaryl/α,β-unsaturated/α-hetero) is 1. The monoisotopic (exact) mass is 395 g/mol. The molecule has 154 valence electrons. The Hall–Kier alpha value is -2.18. The van der Waals surface area contributed by atoms with E-state index in [2.05, 4.69) is 4.90 Å². The Morgan fingerprint density at radius 3 is 2.68 bits per heavy atom. The van der Waals surface area contributed by atoms with Crippen molar-refractivity contribution in [2.45, 2.75) is 30.5 Å². The highest BCUT2D eigenvalue weighted by Gasteiger charge is 2.76. The molecule has 6 unspecified atom stereocenters. The molecule has 0 aromatic heterocycles. The van der Waals surface area contributed by atoms with Gasteiger partial charge in [-0.25, -0.2) is 4.79 Å². The molecule has 4 aliphatic rings. The predicted octanol–water partition coefficient (Wildman–Crippen LogP) is -2.26. The van der Waals surface area contributed by atoms with Crippen LogP contribution in [0.5, 0.6) is 0 Å². The summed E-state index contributed by atoms with van der Waals surface area (Å²) in [6.45, 7) is 1.48. The number of primary amides is 1. The van der Waals surface area contributed by atoms with Crippen molar-refractivity contribution in [3.05, 3.63) is 22.5 Å². The Morgan fingerprint density at radius 1 is 1.43 bits per heavy atom. The number of aliphatic hydroxyl groups is 1. The summed E-state index contributed by atoms with van der Waals surface area (Å²) in [5.41, 5.74) is 16.3. The van der Waals surface area contributed by atoms with E-state index >= 15 is 0 Å². The van der Waals surface area contributed by atoms with Crippen molar-refractivity contribution in [3.63, 3.8) is 0 Å². The van der Waals surface area contributed by atoms with Crippen LogP contribution in [0.15, 0.2) is 22.5 Å². The topological polar surface area (TPSA) is 166 Å². The van der Waals surface area contributed by atoms with Gasteiger partial charge in [0.2, 0.25) is 11.6 Å². The number of ketones is 1. The first-order valence-corrected chi connectivity index (χ1v) is 8.96. The van der Waals surface area contributed by atoms with E-state index in [0.29, 0.717) is 6.54 Å². The van der Waals surface area contributed by atoms with Gasteiger partial charge in [-0.2, -0.15) is 0 Å². The number of nitrogens with zero attached hydrogens (tertiary/aromatic N) is 2. The number of likely N-dealkylation sites (N-methyl/N-ethyl adjacent to an activating group) is 1. The number of amides is 1. The molecule has 3 heterocycles. The number of hydrogen-bond donors (Lipinski definition) is 4. The van der Waals surface area contributed by atoms with Crippen LogP contribution in [-0.2, 0) is 19.0 Å². The molecule has 0 spiro atoms. The van der Waals surface area contributed by atoms with Crippen LogP contribution in [0, 0.1) is 5.92 Å². The third kappa shape index (κ3) is 2.05. The van der Waals surface area contributed by atoms with E-state index in [1.807, 2.05) is 11.9 Å². The van der Waals surface area contributed by atoms with E-state index in [1.54, 1.807) is 0 Å². The minimum atomic E-state index is -2.12. The zero-order valence-electron chi connectivity index (χ0n) is 16.0. The smallest absolute Gasteiger partial charge is 0.404 e. The second-order valence-corrected chi connectivity index (χ2v) is 7.51. The Labute approximate surface area is 161 Å². The van der Waals surface area contributed by atoms with Gasteiger partial charge in [-0.1, -0.05) is 0 Å². The van der Waals surface area contributed by atoms with E-state index in [0.717, 1.165) is 0 Å². The summed E-state index contributed by atoms with van der Waals surface area (Å²) >= 11 is 0. The van der Waals surface area contributed by atoms with Gasteiger partial charge in [0.1, 0.15) is 6.61 Å². The normalized spacial score (nSPS) is 41.2. The molecule has 0 saturated carbocycles. The molecule has 28 heavy (non-hydrogen) atoms. The molecule has 2 saturated heterocycles. The largest absolute Gasteiger partial charge is 0.449 e. The zero-order valence-corrected chi connectivity index (χ0v) is 16.0. The number of rotatable bonds is 5. The van der Waals surface area contributed by atoms with Crippen LogP contribution in [0.3, 0.4) is 0 Å². The molecule has 1 amide bonds. The van der Waals surface area contributed by atoms with Crippen LogP contribution in [-0.4, -0.2) is 84.4 Å². The molecule has 11 nitrogen and oxygen atoms in total. The summed E-state index contributed by atoms with van der Waals surface area (Å²) in [7, 11) is 3.47. The first kappa shape index (κ1) is 19.2. The van der Waals surface area contributed by atoms with Crippen LogP contribution in [0.25, 0.3) is 0 Å². The van der Waals surface area contributed by atoms with Crippen molar-refractivity contribution in [2.75, 3.05) is 34.0 Å². The van der Waals surface area contributed by atoms with E-state index in [9.17, 15) is 14.7 Å². The zero-order chi connectivity index (χ0) is 20.6. The highest BCUT2D eigenvalue weighted by molar-refractivity contribution is 6.11. The summed E-state index contributed by atoms with van der Waals surface area (Å²) in [6, 6.07) is 0.103. The highest BCUT2D eigenvalue weighted by atomic mass is 16.6. The summed E-state index contributed by atoms with van der Waals surface area (Å²) in [4.78, 5) is 28.4. The molecular formula is C17H25N5O6. The lowest BCUT2D eigenvalue weighted by molar-refractivity contribution is -0.171. The van der Waals surface area contributed by atoms with Gasteiger partial charge in [0, 0.05) is 30.8 Å². The van der Waals surface area contributed by atoms with Crippen LogP contribution in [0.2, 0.25) is 0 Å². The van der Waals surface area contributed by atoms with Crippen molar-refractivity contribution >= 4 is 11.9 Å². The van der Waals surface area contributed by atoms with E-state index in [-0.39, 0.29) is 53.7 Å². The number of piperazine rings is 1. The quantitative estimate of drug-likeness (QED) is 0.295. The van der Waals surface area contributed by atoms with Gasteiger partial charge >= 0.3 is 6.09 Å². The molecule has 0 radical (unpaired) electrons. The van der Waals surface area contributed by atoms with Gasteiger partial charge in [0.05, 0.1) is 30.1 Å². The lowest BCUT2D eigenvalue weighted by atomic mass is 9.79.